The Labute approximate surface area is 134 Å². The lowest BCUT2D eigenvalue weighted by molar-refractivity contribution is 0.0988. The third-order valence-corrected chi connectivity index (χ3v) is 4.65. The van der Waals surface area contributed by atoms with Gasteiger partial charge in [-0.25, -0.2) is 0 Å². The van der Waals surface area contributed by atoms with Crippen molar-refractivity contribution in [2.75, 3.05) is 19.8 Å². The molecule has 3 unspecified atom stereocenters. The number of rotatable bonds is 7. The minimum atomic E-state index is -0.557. The molecule has 0 radical (unpaired) electrons. The molecule has 1 aromatic rings. The van der Waals surface area contributed by atoms with Crippen molar-refractivity contribution < 1.29 is 14.9 Å². The molecule has 5 heteroatoms. The predicted molar refractivity (Wildman–Crippen MR) is 86.6 cm³/mol. The van der Waals surface area contributed by atoms with Crippen LogP contribution in [-0.2, 0) is 0 Å². The summed E-state index contributed by atoms with van der Waals surface area (Å²) in [6, 6.07) is 6.19. The van der Waals surface area contributed by atoms with Gasteiger partial charge in [0, 0.05) is 19.2 Å². The number of aliphatic hydroxyl groups is 2. The molecule has 3 N–H and O–H groups in total. The summed E-state index contributed by atoms with van der Waals surface area (Å²) in [5.41, 5.74) is 1.16. The molecule has 0 saturated heterocycles. The second-order valence-electron chi connectivity index (χ2n) is 5.79. The zero-order chi connectivity index (χ0) is 15.2. The van der Waals surface area contributed by atoms with Crippen LogP contribution >= 0.6 is 15.9 Å². The molecule has 0 spiro atoms. The predicted octanol–water partition coefficient (Wildman–Crippen LogP) is 2.25. The third-order valence-electron chi connectivity index (χ3n) is 4.03. The van der Waals surface area contributed by atoms with Crippen molar-refractivity contribution in [3.05, 3.63) is 28.2 Å². The van der Waals surface area contributed by atoms with Crippen molar-refractivity contribution in [1.82, 2.24) is 5.32 Å². The molecule has 118 valence electrons. The van der Waals surface area contributed by atoms with Gasteiger partial charge in [-0.15, -0.1) is 0 Å². The molecule has 21 heavy (non-hydrogen) atoms. The smallest absolute Gasteiger partial charge is 0.133 e. The van der Waals surface area contributed by atoms with E-state index in [1.54, 1.807) is 0 Å². The summed E-state index contributed by atoms with van der Waals surface area (Å²) >= 11 is 3.46. The second-order valence-corrected chi connectivity index (χ2v) is 6.64. The number of ether oxygens (including phenoxy) is 1. The fourth-order valence-electron chi connectivity index (χ4n) is 2.78. The van der Waals surface area contributed by atoms with Gasteiger partial charge in [0.2, 0.25) is 0 Å². The number of hydrogen-bond acceptors (Lipinski definition) is 4. The van der Waals surface area contributed by atoms with Crippen molar-refractivity contribution in [3.8, 4) is 5.75 Å². The number of nitrogens with one attached hydrogen (secondary N) is 1. The summed E-state index contributed by atoms with van der Waals surface area (Å²) in [5, 5.41) is 22.6. The maximum atomic E-state index is 10.0. The van der Waals surface area contributed by atoms with Crippen LogP contribution in [0.3, 0.4) is 0 Å². The highest BCUT2D eigenvalue weighted by Gasteiger charge is 2.26. The fraction of sp³-hybridized carbons (Fsp3) is 0.625. The van der Waals surface area contributed by atoms with Crippen molar-refractivity contribution in [3.63, 3.8) is 0 Å². The summed E-state index contributed by atoms with van der Waals surface area (Å²) in [6.07, 6.45) is 2.73. The first-order chi connectivity index (χ1) is 10.1. The molecule has 1 fully saturated rings. The molecule has 1 saturated carbocycles. The van der Waals surface area contributed by atoms with E-state index >= 15 is 0 Å². The van der Waals surface area contributed by atoms with Crippen molar-refractivity contribution >= 4 is 15.9 Å². The highest BCUT2D eigenvalue weighted by Crippen LogP contribution is 2.26. The van der Waals surface area contributed by atoms with Gasteiger partial charge in [0.25, 0.3) is 0 Å². The van der Waals surface area contributed by atoms with E-state index in [0.717, 1.165) is 35.0 Å². The molecule has 1 aliphatic carbocycles. The molecule has 1 aliphatic rings. The quantitative estimate of drug-likeness (QED) is 0.700. The fourth-order valence-corrected chi connectivity index (χ4v) is 3.39. The van der Waals surface area contributed by atoms with Crippen LogP contribution in [0.25, 0.3) is 0 Å². The van der Waals surface area contributed by atoms with Gasteiger partial charge in [-0.2, -0.15) is 0 Å². The zero-order valence-electron chi connectivity index (χ0n) is 12.4. The van der Waals surface area contributed by atoms with Crippen LogP contribution in [0, 0.1) is 12.8 Å². The Kier molecular flexibility index (Phi) is 6.48. The van der Waals surface area contributed by atoms with E-state index in [1.807, 2.05) is 25.1 Å². The molecule has 1 aromatic carbocycles. The number of aryl methyl sites for hydroxylation is 1. The Hall–Kier alpha value is -0.620. The van der Waals surface area contributed by atoms with Gasteiger partial charge in [0.05, 0.1) is 4.47 Å². The van der Waals surface area contributed by atoms with E-state index in [-0.39, 0.29) is 13.2 Å². The maximum Gasteiger partial charge on any atom is 0.133 e. The standard InChI is InChI=1S/C16H24BrNO3/c1-11-5-6-16(14(17)7-11)21-10-13(20)8-18-15-4-2-3-12(15)9-19/h5-7,12-13,15,18-20H,2-4,8-10H2,1H3. The van der Waals surface area contributed by atoms with Crippen LogP contribution in [0.15, 0.2) is 22.7 Å². The lowest BCUT2D eigenvalue weighted by Crippen LogP contribution is -2.40. The van der Waals surface area contributed by atoms with E-state index in [0.29, 0.717) is 18.5 Å². The number of aliphatic hydroxyl groups excluding tert-OH is 2. The first-order valence-corrected chi connectivity index (χ1v) is 8.30. The normalized spacial score (nSPS) is 23.2. The highest BCUT2D eigenvalue weighted by molar-refractivity contribution is 9.10. The van der Waals surface area contributed by atoms with Gasteiger partial charge in [-0.05, 0) is 59.3 Å². The van der Waals surface area contributed by atoms with Crippen LogP contribution in [0.1, 0.15) is 24.8 Å². The van der Waals surface area contributed by atoms with E-state index in [9.17, 15) is 10.2 Å². The molecular weight excluding hydrogens is 334 g/mol. The third kappa shape index (κ3) is 4.95. The highest BCUT2D eigenvalue weighted by atomic mass is 79.9. The van der Waals surface area contributed by atoms with Crippen molar-refractivity contribution in [1.29, 1.82) is 0 Å². The number of halogens is 1. The lowest BCUT2D eigenvalue weighted by atomic mass is 10.1. The molecule has 3 atom stereocenters. The SMILES string of the molecule is Cc1ccc(OCC(O)CNC2CCCC2CO)c(Br)c1. The lowest BCUT2D eigenvalue weighted by Gasteiger charge is -2.21. The number of hydrogen-bond donors (Lipinski definition) is 3. The Bertz CT molecular complexity index is 455. The van der Waals surface area contributed by atoms with Crippen LogP contribution < -0.4 is 10.1 Å². The van der Waals surface area contributed by atoms with Crippen molar-refractivity contribution in [2.24, 2.45) is 5.92 Å². The first-order valence-electron chi connectivity index (χ1n) is 7.51. The van der Waals surface area contributed by atoms with Gasteiger partial charge in [0.15, 0.2) is 0 Å². The molecule has 4 nitrogen and oxygen atoms in total. The van der Waals surface area contributed by atoms with Gasteiger partial charge in [-0.1, -0.05) is 12.5 Å². The monoisotopic (exact) mass is 357 g/mol. The van der Waals surface area contributed by atoms with E-state index in [1.165, 1.54) is 0 Å². The summed E-state index contributed by atoms with van der Waals surface area (Å²) < 4.78 is 6.54. The Morgan fingerprint density at radius 1 is 1.43 bits per heavy atom. The first kappa shape index (κ1) is 16.7. The van der Waals surface area contributed by atoms with Crippen LogP contribution in [0.5, 0.6) is 5.75 Å². The van der Waals surface area contributed by atoms with Gasteiger partial charge in [0.1, 0.15) is 18.5 Å². The minimum absolute atomic E-state index is 0.223. The number of benzene rings is 1. The molecule has 2 rings (SSSR count). The zero-order valence-corrected chi connectivity index (χ0v) is 14.0. The van der Waals surface area contributed by atoms with Crippen molar-refractivity contribution in [2.45, 2.75) is 38.3 Å². The van der Waals surface area contributed by atoms with Crippen LogP contribution in [0.4, 0.5) is 0 Å². The molecule has 0 amide bonds. The molecule has 0 bridgehead atoms. The largest absolute Gasteiger partial charge is 0.490 e. The van der Waals surface area contributed by atoms with Crippen LogP contribution in [-0.4, -0.2) is 42.1 Å². The summed E-state index contributed by atoms with van der Waals surface area (Å²) in [7, 11) is 0. The van der Waals surface area contributed by atoms with Gasteiger partial charge in [-0.3, -0.25) is 0 Å². The average molecular weight is 358 g/mol. The minimum Gasteiger partial charge on any atom is -0.490 e. The van der Waals surface area contributed by atoms with Gasteiger partial charge < -0.3 is 20.3 Å². The Balaban J connectivity index is 1.73. The summed E-state index contributed by atoms with van der Waals surface area (Å²) in [5.74, 6) is 1.07. The van der Waals surface area contributed by atoms with Gasteiger partial charge >= 0.3 is 0 Å². The maximum absolute atomic E-state index is 10.0. The average Bonchev–Trinajstić information content (AvgIpc) is 2.91. The van der Waals surface area contributed by atoms with E-state index < -0.39 is 6.10 Å². The second kappa shape index (κ2) is 8.13. The molecule has 0 heterocycles. The summed E-state index contributed by atoms with van der Waals surface area (Å²) in [6.45, 7) is 2.99. The molecular formula is C16H24BrNO3. The van der Waals surface area contributed by atoms with E-state index in [2.05, 4.69) is 21.2 Å². The Morgan fingerprint density at radius 3 is 2.95 bits per heavy atom. The Morgan fingerprint density at radius 2 is 2.24 bits per heavy atom. The van der Waals surface area contributed by atoms with E-state index in [4.69, 9.17) is 4.74 Å². The molecule has 0 aliphatic heterocycles. The van der Waals surface area contributed by atoms with Crippen LogP contribution in [0.2, 0.25) is 0 Å². The summed E-state index contributed by atoms with van der Waals surface area (Å²) in [4.78, 5) is 0. The topological polar surface area (TPSA) is 61.7 Å². The molecule has 0 aromatic heterocycles.